The summed E-state index contributed by atoms with van der Waals surface area (Å²) < 4.78 is 0.756. The molecule has 1 atom stereocenters. The Hall–Kier alpha value is -2.43. The minimum Gasteiger partial charge on any atom is -0.333 e. The zero-order valence-corrected chi connectivity index (χ0v) is 17.6. The third-order valence-corrected chi connectivity index (χ3v) is 5.98. The van der Waals surface area contributed by atoms with Gasteiger partial charge in [-0.2, -0.15) is 0 Å². The van der Waals surface area contributed by atoms with Gasteiger partial charge in [-0.05, 0) is 34.9 Å². The van der Waals surface area contributed by atoms with Gasteiger partial charge in [-0.3, -0.25) is 9.78 Å². The number of hydrogen-bond donors (Lipinski definition) is 0. The molecule has 3 heterocycles. The Morgan fingerprint density at radius 1 is 1.25 bits per heavy atom. The molecule has 1 unspecified atom stereocenters. The Kier molecular flexibility index (Phi) is 6.65. The first-order valence-corrected chi connectivity index (χ1v) is 10.6. The Balaban J connectivity index is 0.00000109. The van der Waals surface area contributed by atoms with E-state index in [1.54, 1.807) is 17.5 Å². The lowest BCUT2D eigenvalue weighted by Gasteiger charge is -2.33. The van der Waals surface area contributed by atoms with E-state index in [1.807, 2.05) is 49.2 Å². The van der Waals surface area contributed by atoms with Crippen molar-refractivity contribution < 1.29 is 4.79 Å². The molecule has 1 aliphatic heterocycles. The van der Waals surface area contributed by atoms with Crippen molar-refractivity contribution in [1.29, 1.82) is 0 Å². The largest absolute Gasteiger partial charge is 0.333 e. The lowest BCUT2D eigenvalue weighted by Crippen LogP contribution is -2.37. The van der Waals surface area contributed by atoms with Crippen molar-refractivity contribution in [3.63, 3.8) is 0 Å². The fourth-order valence-electron chi connectivity index (χ4n) is 3.53. The van der Waals surface area contributed by atoms with E-state index in [4.69, 9.17) is 11.6 Å². The molecule has 0 aliphatic carbocycles. The minimum atomic E-state index is -0.0518. The quantitative estimate of drug-likeness (QED) is 0.485. The summed E-state index contributed by atoms with van der Waals surface area (Å²) in [6.07, 6.45) is 5.02. The van der Waals surface area contributed by atoms with Crippen molar-refractivity contribution >= 4 is 28.8 Å². The number of carbonyl (C=O) groups excluding carboxylic acids is 1. The normalized spacial score (nSPS) is 15.2. The van der Waals surface area contributed by atoms with Gasteiger partial charge in [0, 0.05) is 35.3 Å². The van der Waals surface area contributed by atoms with Gasteiger partial charge in [-0.25, -0.2) is 0 Å². The number of hydrogen-bond acceptors (Lipinski definition) is 3. The van der Waals surface area contributed by atoms with Gasteiger partial charge in [-0.15, -0.1) is 11.3 Å². The predicted molar refractivity (Wildman–Crippen MR) is 118 cm³/mol. The molecular formula is C23H23ClN2OS. The Morgan fingerprint density at radius 2 is 2.04 bits per heavy atom. The fraction of sp³-hybridized carbons (Fsp3) is 0.217. The maximum Gasteiger partial charge on any atom is 0.246 e. The molecule has 0 bridgehead atoms. The number of nitrogens with zero attached hydrogens (tertiary/aromatic N) is 2. The maximum absolute atomic E-state index is 12.3. The molecule has 1 aliphatic rings. The summed E-state index contributed by atoms with van der Waals surface area (Å²) in [5.74, 6) is 0.0202. The smallest absolute Gasteiger partial charge is 0.246 e. The standard InChI is InChI=1S/C21H17ClN2OS.C2H6/c1-2-21(25)24-12-18(17-10-20(22)26-19(17)13-24)16-8-4-3-7-15(16)14-6-5-9-23-11-14;1-2/h2-11,18H,1,12-13H2;1-2H3. The maximum atomic E-state index is 12.3. The number of pyridine rings is 1. The van der Waals surface area contributed by atoms with Crippen LogP contribution in [0.15, 0.2) is 67.5 Å². The number of benzene rings is 1. The monoisotopic (exact) mass is 410 g/mol. The first-order valence-electron chi connectivity index (χ1n) is 9.36. The summed E-state index contributed by atoms with van der Waals surface area (Å²) in [6.45, 7) is 8.84. The fourth-order valence-corrected chi connectivity index (χ4v) is 4.89. The summed E-state index contributed by atoms with van der Waals surface area (Å²) >= 11 is 7.85. The van der Waals surface area contributed by atoms with Crippen LogP contribution in [0.2, 0.25) is 4.34 Å². The molecule has 144 valence electrons. The molecule has 0 radical (unpaired) electrons. The second-order valence-corrected chi connectivity index (χ2v) is 8.00. The van der Waals surface area contributed by atoms with E-state index in [1.165, 1.54) is 17.2 Å². The Labute approximate surface area is 175 Å². The van der Waals surface area contributed by atoms with Crippen molar-refractivity contribution in [3.05, 3.63) is 87.9 Å². The second kappa shape index (κ2) is 9.18. The minimum absolute atomic E-state index is 0.0518. The van der Waals surface area contributed by atoms with E-state index in [9.17, 15) is 4.79 Å². The van der Waals surface area contributed by atoms with Crippen LogP contribution in [0.3, 0.4) is 0 Å². The first-order chi connectivity index (χ1) is 13.7. The molecule has 2 aromatic heterocycles. The van der Waals surface area contributed by atoms with E-state index < -0.39 is 0 Å². The molecule has 1 amide bonds. The van der Waals surface area contributed by atoms with Crippen LogP contribution in [0, 0.1) is 0 Å². The molecule has 0 spiro atoms. The summed E-state index contributed by atoms with van der Waals surface area (Å²) in [4.78, 5) is 19.5. The molecule has 1 aromatic carbocycles. The first kappa shape index (κ1) is 20.3. The zero-order valence-electron chi connectivity index (χ0n) is 16.1. The van der Waals surface area contributed by atoms with Gasteiger partial charge in [-0.1, -0.05) is 62.4 Å². The van der Waals surface area contributed by atoms with Crippen LogP contribution in [0.4, 0.5) is 0 Å². The van der Waals surface area contributed by atoms with Gasteiger partial charge in [0.1, 0.15) is 0 Å². The van der Waals surface area contributed by atoms with Gasteiger partial charge in [0.05, 0.1) is 10.9 Å². The number of halogens is 1. The van der Waals surface area contributed by atoms with E-state index >= 15 is 0 Å². The molecule has 0 N–H and O–H groups in total. The van der Waals surface area contributed by atoms with E-state index in [0.717, 1.165) is 20.3 Å². The molecule has 3 aromatic rings. The number of rotatable bonds is 3. The number of fused-ring (bicyclic) bond motifs is 1. The Bertz CT molecular complexity index is 968. The van der Waals surface area contributed by atoms with Gasteiger partial charge < -0.3 is 4.90 Å². The van der Waals surface area contributed by atoms with Crippen LogP contribution in [-0.2, 0) is 11.3 Å². The third-order valence-electron chi connectivity index (χ3n) is 4.72. The highest BCUT2D eigenvalue weighted by atomic mass is 35.5. The highest BCUT2D eigenvalue weighted by molar-refractivity contribution is 7.16. The molecule has 3 nitrogen and oxygen atoms in total. The van der Waals surface area contributed by atoms with Crippen molar-refractivity contribution in [2.75, 3.05) is 6.54 Å². The van der Waals surface area contributed by atoms with Gasteiger partial charge in [0.2, 0.25) is 5.91 Å². The van der Waals surface area contributed by atoms with Crippen LogP contribution in [0.25, 0.3) is 11.1 Å². The van der Waals surface area contributed by atoms with Crippen LogP contribution >= 0.6 is 22.9 Å². The third kappa shape index (κ3) is 4.03. The second-order valence-electron chi connectivity index (χ2n) is 6.23. The van der Waals surface area contributed by atoms with E-state index in [-0.39, 0.29) is 11.8 Å². The van der Waals surface area contributed by atoms with E-state index in [0.29, 0.717) is 13.1 Å². The van der Waals surface area contributed by atoms with Gasteiger partial charge >= 0.3 is 0 Å². The van der Waals surface area contributed by atoms with Crippen molar-refractivity contribution in [1.82, 2.24) is 9.88 Å². The zero-order chi connectivity index (χ0) is 20.1. The van der Waals surface area contributed by atoms with Crippen molar-refractivity contribution in [3.8, 4) is 11.1 Å². The number of thiophene rings is 1. The number of amides is 1. The molecule has 28 heavy (non-hydrogen) atoms. The number of carbonyl (C=O) groups is 1. The summed E-state index contributed by atoms with van der Waals surface area (Å²) in [5.41, 5.74) is 4.59. The van der Waals surface area contributed by atoms with Gasteiger partial charge in [0.25, 0.3) is 0 Å². The number of aromatic nitrogens is 1. The highest BCUT2D eigenvalue weighted by Crippen LogP contribution is 2.42. The van der Waals surface area contributed by atoms with Crippen LogP contribution < -0.4 is 0 Å². The summed E-state index contributed by atoms with van der Waals surface area (Å²) in [7, 11) is 0. The molecule has 5 heteroatoms. The molecule has 0 saturated carbocycles. The predicted octanol–water partition coefficient (Wildman–Crippen LogP) is 6.15. The lowest BCUT2D eigenvalue weighted by molar-refractivity contribution is -0.127. The lowest BCUT2D eigenvalue weighted by atomic mass is 9.84. The average molecular weight is 411 g/mol. The average Bonchev–Trinajstić information content (AvgIpc) is 3.14. The van der Waals surface area contributed by atoms with Crippen LogP contribution in [0.1, 0.15) is 35.8 Å². The van der Waals surface area contributed by atoms with Crippen LogP contribution in [-0.4, -0.2) is 22.3 Å². The topological polar surface area (TPSA) is 33.2 Å². The molecule has 0 saturated heterocycles. The molecule has 4 rings (SSSR count). The van der Waals surface area contributed by atoms with Crippen molar-refractivity contribution in [2.45, 2.75) is 26.3 Å². The van der Waals surface area contributed by atoms with Crippen molar-refractivity contribution in [2.24, 2.45) is 0 Å². The molecular weight excluding hydrogens is 388 g/mol. The highest BCUT2D eigenvalue weighted by Gasteiger charge is 2.31. The SMILES string of the molecule is C=CC(=O)N1Cc2sc(Cl)cc2C(c2ccccc2-c2cccnc2)C1.CC. The Morgan fingerprint density at radius 3 is 2.75 bits per heavy atom. The van der Waals surface area contributed by atoms with Gasteiger partial charge in [0.15, 0.2) is 0 Å². The molecule has 0 fully saturated rings. The summed E-state index contributed by atoms with van der Waals surface area (Å²) in [6, 6.07) is 14.3. The summed E-state index contributed by atoms with van der Waals surface area (Å²) in [5, 5.41) is 0. The van der Waals surface area contributed by atoms with Crippen LogP contribution in [0.5, 0.6) is 0 Å². The van der Waals surface area contributed by atoms with E-state index in [2.05, 4.69) is 29.8 Å².